The van der Waals surface area contributed by atoms with Gasteiger partial charge in [0.05, 0.1) is 16.9 Å². The van der Waals surface area contributed by atoms with Crippen LogP contribution < -0.4 is 4.72 Å². The van der Waals surface area contributed by atoms with E-state index in [0.717, 1.165) is 0 Å². The lowest BCUT2D eigenvalue weighted by molar-refractivity contribution is 0.598. The van der Waals surface area contributed by atoms with Crippen molar-refractivity contribution in [3.05, 3.63) is 40.3 Å². The molecule has 19 heavy (non-hydrogen) atoms. The van der Waals surface area contributed by atoms with Crippen molar-refractivity contribution in [3.8, 4) is 0 Å². The zero-order valence-electron chi connectivity index (χ0n) is 9.94. The maximum atomic E-state index is 12.1. The minimum absolute atomic E-state index is 0.0135. The number of nitrogens with one attached hydrogen (secondary N) is 2. The Bertz CT molecular complexity index is 698. The van der Waals surface area contributed by atoms with E-state index in [4.69, 9.17) is 23.2 Å². The Labute approximate surface area is 121 Å². The molecule has 102 valence electrons. The second-order valence-corrected chi connectivity index (χ2v) is 6.27. The van der Waals surface area contributed by atoms with Gasteiger partial charge in [0.1, 0.15) is 5.82 Å². The number of anilines is 1. The van der Waals surface area contributed by atoms with E-state index >= 15 is 0 Å². The number of hydrogen-bond acceptors (Lipinski definition) is 3. The van der Waals surface area contributed by atoms with Crippen molar-refractivity contribution >= 4 is 38.9 Å². The minimum atomic E-state index is -3.75. The van der Waals surface area contributed by atoms with E-state index in [0.29, 0.717) is 17.3 Å². The summed E-state index contributed by atoms with van der Waals surface area (Å²) in [5.41, 5.74) is 0.224. The molecule has 0 saturated carbocycles. The quantitative estimate of drug-likeness (QED) is 0.909. The van der Waals surface area contributed by atoms with E-state index in [1.165, 1.54) is 18.3 Å². The monoisotopic (exact) mass is 319 g/mol. The SMILES string of the molecule is CCc1ncc(S(=O)(=O)Nc2cc(Cl)ccc2Cl)[nH]1. The van der Waals surface area contributed by atoms with Gasteiger partial charge in [0, 0.05) is 11.4 Å². The summed E-state index contributed by atoms with van der Waals surface area (Å²) < 4.78 is 26.6. The first-order chi connectivity index (χ1) is 8.92. The van der Waals surface area contributed by atoms with Crippen molar-refractivity contribution in [2.45, 2.75) is 18.4 Å². The van der Waals surface area contributed by atoms with Gasteiger partial charge >= 0.3 is 0 Å². The molecule has 1 heterocycles. The molecule has 0 amide bonds. The number of H-pyrrole nitrogens is 1. The number of rotatable bonds is 4. The summed E-state index contributed by atoms with van der Waals surface area (Å²) in [6.45, 7) is 1.87. The standard InChI is InChI=1S/C11H11Cl2N3O2S/c1-2-10-14-6-11(15-10)19(17,18)16-9-5-7(12)3-4-8(9)13/h3-6,16H,2H2,1H3,(H,14,15). The van der Waals surface area contributed by atoms with Crippen LogP contribution in [0.25, 0.3) is 0 Å². The molecule has 1 aromatic heterocycles. The molecule has 0 atom stereocenters. The van der Waals surface area contributed by atoms with Crippen LogP contribution in [0.4, 0.5) is 5.69 Å². The van der Waals surface area contributed by atoms with Crippen molar-refractivity contribution in [2.75, 3.05) is 4.72 Å². The van der Waals surface area contributed by atoms with Gasteiger partial charge in [-0.05, 0) is 18.2 Å². The van der Waals surface area contributed by atoms with Crippen LogP contribution >= 0.6 is 23.2 Å². The molecule has 0 aliphatic rings. The zero-order chi connectivity index (χ0) is 14.0. The summed E-state index contributed by atoms with van der Waals surface area (Å²) in [6.07, 6.45) is 1.88. The van der Waals surface area contributed by atoms with Crippen molar-refractivity contribution in [1.29, 1.82) is 0 Å². The van der Waals surface area contributed by atoms with Crippen molar-refractivity contribution in [2.24, 2.45) is 0 Å². The molecule has 5 nitrogen and oxygen atoms in total. The third kappa shape index (κ3) is 3.20. The molecule has 0 bridgehead atoms. The first-order valence-electron chi connectivity index (χ1n) is 5.44. The average Bonchev–Trinajstić information content (AvgIpc) is 2.83. The van der Waals surface area contributed by atoms with E-state index in [1.807, 2.05) is 6.92 Å². The predicted octanol–water partition coefficient (Wildman–Crippen LogP) is 3.08. The smallest absolute Gasteiger partial charge is 0.279 e. The highest BCUT2D eigenvalue weighted by atomic mass is 35.5. The maximum absolute atomic E-state index is 12.1. The number of sulfonamides is 1. The van der Waals surface area contributed by atoms with Gasteiger partial charge in [-0.25, -0.2) is 4.98 Å². The van der Waals surface area contributed by atoms with E-state index in [-0.39, 0.29) is 15.7 Å². The molecule has 0 spiro atoms. The molecule has 0 fully saturated rings. The van der Waals surface area contributed by atoms with Crippen molar-refractivity contribution < 1.29 is 8.42 Å². The zero-order valence-corrected chi connectivity index (χ0v) is 12.3. The van der Waals surface area contributed by atoms with Gasteiger partial charge in [0.2, 0.25) is 0 Å². The van der Waals surface area contributed by atoms with Crippen LogP contribution in [0.5, 0.6) is 0 Å². The van der Waals surface area contributed by atoms with E-state index in [2.05, 4.69) is 14.7 Å². The van der Waals surface area contributed by atoms with Gasteiger partial charge in [0.15, 0.2) is 5.03 Å². The molecule has 0 unspecified atom stereocenters. The molecule has 0 radical (unpaired) electrons. The number of aromatic amines is 1. The van der Waals surface area contributed by atoms with Crippen LogP contribution in [0.3, 0.4) is 0 Å². The van der Waals surface area contributed by atoms with Gasteiger partial charge in [-0.15, -0.1) is 0 Å². The Morgan fingerprint density at radius 3 is 2.74 bits per heavy atom. The lowest BCUT2D eigenvalue weighted by Gasteiger charge is -2.08. The van der Waals surface area contributed by atoms with Gasteiger partial charge in [0.25, 0.3) is 10.0 Å². The number of nitrogens with zero attached hydrogens (tertiary/aromatic N) is 1. The summed E-state index contributed by atoms with van der Waals surface area (Å²) in [4.78, 5) is 6.67. The van der Waals surface area contributed by atoms with Crippen LogP contribution in [0.1, 0.15) is 12.7 Å². The Morgan fingerprint density at radius 2 is 2.11 bits per heavy atom. The van der Waals surface area contributed by atoms with Crippen LogP contribution in [-0.2, 0) is 16.4 Å². The molecule has 8 heteroatoms. The second kappa shape index (κ2) is 5.40. The second-order valence-electron chi connectivity index (χ2n) is 3.78. The summed E-state index contributed by atoms with van der Waals surface area (Å²) in [6, 6.07) is 4.54. The fraction of sp³-hybridized carbons (Fsp3) is 0.182. The summed E-state index contributed by atoms with van der Waals surface area (Å²) in [5, 5.41) is 0.643. The molecule has 0 saturated heterocycles. The van der Waals surface area contributed by atoms with Crippen molar-refractivity contribution in [1.82, 2.24) is 9.97 Å². The number of halogens is 2. The van der Waals surface area contributed by atoms with Crippen LogP contribution in [-0.4, -0.2) is 18.4 Å². The number of benzene rings is 1. The van der Waals surface area contributed by atoms with Gasteiger partial charge in [-0.3, -0.25) is 4.72 Å². The topological polar surface area (TPSA) is 74.8 Å². The average molecular weight is 320 g/mol. The number of imidazole rings is 1. The van der Waals surface area contributed by atoms with E-state index in [1.54, 1.807) is 6.07 Å². The fourth-order valence-corrected chi connectivity index (χ4v) is 2.84. The fourth-order valence-electron chi connectivity index (χ4n) is 1.43. The summed E-state index contributed by atoms with van der Waals surface area (Å²) in [5.74, 6) is 0.595. The van der Waals surface area contributed by atoms with Crippen LogP contribution in [0.2, 0.25) is 10.0 Å². The molecular formula is C11H11Cl2N3O2S. The predicted molar refractivity (Wildman–Crippen MR) is 75.2 cm³/mol. The third-order valence-electron chi connectivity index (χ3n) is 2.40. The maximum Gasteiger partial charge on any atom is 0.279 e. The Balaban J connectivity index is 2.33. The molecule has 2 N–H and O–H groups in total. The number of hydrogen-bond donors (Lipinski definition) is 2. The minimum Gasteiger partial charge on any atom is -0.332 e. The van der Waals surface area contributed by atoms with Gasteiger partial charge in [-0.1, -0.05) is 30.1 Å². The Kier molecular flexibility index (Phi) is 4.03. The highest BCUT2D eigenvalue weighted by Gasteiger charge is 2.18. The molecule has 2 rings (SSSR count). The molecular weight excluding hydrogens is 309 g/mol. The molecule has 2 aromatic rings. The highest BCUT2D eigenvalue weighted by Crippen LogP contribution is 2.27. The number of aryl methyl sites for hydroxylation is 1. The molecule has 1 aromatic carbocycles. The number of aromatic nitrogens is 2. The molecule has 0 aliphatic heterocycles. The Hall–Kier alpha value is -1.24. The van der Waals surface area contributed by atoms with Gasteiger partial charge < -0.3 is 4.98 Å². The molecule has 0 aliphatic carbocycles. The van der Waals surface area contributed by atoms with Crippen molar-refractivity contribution in [3.63, 3.8) is 0 Å². The van der Waals surface area contributed by atoms with Crippen LogP contribution in [0.15, 0.2) is 29.4 Å². The van der Waals surface area contributed by atoms with Gasteiger partial charge in [-0.2, -0.15) is 8.42 Å². The summed E-state index contributed by atoms with van der Waals surface area (Å²) in [7, 11) is -3.75. The largest absolute Gasteiger partial charge is 0.332 e. The highest BCUT2D eigenvalue weighted by molar-refractivity contribution is 7.92. The Morgan fingerprint density at radius 1 is 1.37 bits per heavy atom. The van der Waals surface area contributed by atoms with Crippen LogP contribution in [0, 0.1) is 0 Å². The van der Waals surface area contributed by atoms with E-state index < -0.39 is 10.0 Å². The first-order valence-corrected chi connectivity index (χ1v) is 7.68. The third-order valence-corrected chi connectivity index (χ3v) is 4.24. The summed E-state index contributed by atoms with van der Waals surface area (Å²) >= 11 is 11.7. The normalized spacial score (nSPS) is 11.5. The van der Waals surface area contributed by atoms with E-state index in [9.17, 15) is 8.42 Å². The lowest BCUT2D eigenvalue weighted by Crippen LogP contribution is -2.13. The lowest BCUT2D eigenvalue weighted by atomic mass is 10.3. The first kappa shape index (κ1) is 14.2.